The molecule has 2 aliphatic rings. The van der Waals surface area contributed by atoms with Gasteiger partial charge in [-0.1, -0.05) is 48.5 Å². The van der Waals surface area contributed by atoms with Crippen molar-refractivity contribution in [3.05, 3.63) is 179 Å². The molecule has 0 spiro atoms. The molecular formula is C42H42F4N2O2Ti. The molecule has 0 amide bonds. The Morgan fingerprint density at radius 1 is 0.569 bits per heavy atom. The van der Waals surface area contributed by atoms with Gasteiger partial charge in [0, 0.05) is 50.6 Å². The second-order valence-electron chi connectivity index (χ2n) is 10.8. The van der Waals surface area contributed by atoms with Crippen LogP contribution >= 0.6 is 0 Å². The predicted octanol–water partition coefficient (Wildman–Crippen LogP) is 9.74. The van der Waals surface area contributed by atoms with Crippen LogP contribution in [0.3, 0.4) is 0 Å². The van der Waals surface area contributed by atoms with Gasteiger partial charge in [0.05, 0.1) is 13.2 Å². The van der Waals surface area contributed by atoms with Gasteiger partial charge in [-0.15, -0.1) is 49.2 Å². The Bertz CT molecular complexity index is 1560. The van der Waals surface area contributed by atoms with E-state index in [9.17, 15) is 17.6 Å². The molecule has 0 unspecified atom stereocenters. The minimum Gasteiger partial charge on any atom is -0.430 e. The molecule has 51 heavy (non-hydrogen) atoms. The van der Waals surface area contributed by atoms with Crippen molar-refractivity contribution in [2.75, 3.05) is 38.1 Å². The maximum absolute atomic E-state index is 13.5. The van der Waals surface area contributed by atoms with Gasteiger partial charge in [0.2, 0.25) is 0 Å². The summed E-state index contributed by atoms with van der Waals surface area (Å²) in [6.45, 7) is 2.21. The largest absolute Gasteiger partial charge is 4.00 e. The first kappa shape index (κ1) is 43.0. The average Bonchev–Trinajstić information content (AvgIpc) is 3.91. The molecule has 0 aromatic heterocycles. The molecule has 0 radical (unpaired) electrons. The number of allylic oxidation sites excluding steroid dienone is 8. The van der Waals surface area contributed by atoms with Crippen molar-refractivity contribution in [3.63, 3.8) is 0 Å². The molecule has 4 aromatic carbocycles. The van der Waals surface area contributed by atoms with Crippen LogP contribution in [0, 0.1) is 47.6 Å². The Morgan fingerprint density at radius 3 is 1.25 bits per heavy atom. The van der Waals surface area contributed by atoms with Crippen LogP contribution in [0.25, 0.3) is 0 Å². The van der Waals surface area contributed by atoms with Crippen molar-refractivity contribution in [1.29, 1.82) is 0 Å². The summed E-state index contributed by atoms with van der Waals surface area (Å²) in [5.74, 6) is -2.82. The van der Waals surface area contributed by atoms with Crippen molar-refractivity contribution in [1.82, 2.24) is 0 Å². The predicted molar refractivity (Wildman–Crippen MR) is 192 cm³/mol. The van der Waals surface area contributed by atoms with Crippen molar-refractivity contribution in [2.45, 2.75) is 38.8 Å². The number of benzene rings is 4. The Kier molecular flexibility index (Phi) is 21.6. The van der Waals surface area contributed by atoms with Crippen LogP contribution in [-0.2, 0) is 57.1 Å². The summed E-state index contributed by atoms with van der Waals surface area (Å²) in [6.07, 6.45) is 21.6. The molecule has 2 N–H and O–H groups in total. The topological polar surface area (TPSA) is 42.5 Å². The quantitative estimate of drug-likeness (QED) is 0.0866. The Labute approximate surface area is 314 Å². The summed E-state index contributed by atoms with van der Waals surface area (Å²) < 4.78 is 62.6. The fourth-order valence-electron chi connectivity index (χ4n) is 4.59. The summed E-state index contributed by atoms with van der Waals surface area (Å²) in [6, 6.07) is 24.9. The average molecular weight is 731 g/mol. The third-order valence-corrected chi connectivity index (χ3v) is 7.22. The van der Waals surface area contributed by atoms with Crippen LogP contribution in [0.2, 0.25) is 0 Å². The molecule has 0 atom stereocenters. The van der Waals surface area contributed by atoms with Gasteiger partial charge in [-0.25, -0.2) is 41.9 Å². The fourth-order valence-corrected chi connectivity index (χ4v) is 4.59. The third kappa shape index (κ3) is 17.0. The molecule has 0 aliphatic heterocycles. The molecule has 2 aliphatic carbocycles. The van der Waals surface area contributed by atoms with Gasteiger partial charge in [-0.3, -0.25) is 12.2 Å². The SMILES string of the molecule is COCCc1ccccc1CNc1ccc(F)[c-]c1F.COCCc1ccccc1CNc1ccc(F)[c-]c1F.[C-]1=CC=CC1.[C-]1=CC=CC1.[Ti+4]. The van der Waals surface area contributed by atoms with Crippen LogP contribution in [0.1, 0.15) is 35.1 Å². The minimum atomic E-state index is -0.709. The van der Waals surface area contributed by atoms with Crippen LogP contribution in [-0.4, -0.2) is 27.4 Å². The molecule has 4 nitrogen and oxygen atoms in total. The van der Waals surface area contributed by atoms with Gasteiger partial charge in [-0.2, -0.15) is 12.2 Å². The molecule has 0 saturated heterocycles. The number of rotatable bonds is 12. The van der Waals surface area contributed by atoms with E-state index in [-0.39, 0.29) is 33.1 Å². The molecule has 0 heterocycles. The van der Waals surface area contributed by atoms with Crippen LogP contribution in [0.5, 0.6) is 0 Å². The maximum atomic E-state index is 13.5. The molecule has 6 rings (SSSR count). The number of methoxy groups -OCH3 is 2. The second-order valence-corrected chi connectivity index (χ2v) is 10.8. The fraction of sp³-hybridized carbons (Fsp3) is 0.238. The molecule has 9 heteroatoms. The molecule has 0 saturated carbocycles. The zero-order chi connectivity index (χ0) is 35.8. The van der Waals surface area contributed by atoms with Crippen LogP contribution in [0.15, 0.2) is 109 Å². The number of halogens is 4. The number of nitrogens with one attached hydrogen (secondary N) is 2. The maximum Gasteiger partial charge on any atom is 4.00 e. The van der Waals surface area contributed by atoms with Gasteiger partial charge in [0.1, 0.15) is 0 Å². The summed E-state index contributed by atoms with van der Waals surface area (Å²) in [5.41, 5.74) is 4.91. The molecule has 264 valence electrons. The molecular weight excluding hydrogens is 688 g/mol. The first-order valence-corrected chi connectivity index (χ1v) is 16.2. The normalized spacial score (nSPS) is 11.7. The summed E-state index contributed by atoms with van der Waals surface area (Å²) in [4.78, 5) is 0. The van der Waals surface area contributed by atoms with E-state index in [4.69, 9.17) is 9.47 Å². The van der Waals surface area contributed by atoms with Crippen LogP contribution < -0.4 is 10.6 Å². The van der Waals surface area contributed by atoms with E-state index in [1.807, 2.05) is 85.0 Å². The number of hydrogen-bond acceptors (Lipinski definition) is 4. The Balaban J connectivity index is 0.000000273. The second kappa shape index (κ2) is 25.7. The van der Waals surface area contributed by atoms with E-state index in [1.165, 1.54) is 24.3 Å². The van der Waals surface area contributed by atoms with Crippen molar-refractivity contribution in [3.8, 4) is 0 Å². The Hall–Kier alpha value is -4.21. The van der Waals surface area contributed by atoms with E-state index < -0.39 is 23.3 Å². The van der Waals surface area contributed by atoms with E-state index in [0.717, 1.165) is 47.9 Å². The van der Waals surface area contributed by atoms with Gasteiger partial charge < -0.3 is 20.1 Å². The van der Waals surface area contributed by atoms with Gasteiger partial charge >= 0.3 is 21.7 Å². The smallest absolute Gasteiger partial charge is 0.430 e. The zero-order valence-corrected chi connectivity index (χ0v) is 30.4. The summed E-state index contributed by atoms with van der Waals surface area (Å²) in [5, 5.41) is 5.92. The van der Waals surface area contributed by atoms with Crippen molar-refractivity contribution in [2.24, 2.45) is 0 Å². The van der Waals surface area contributed by atoms with Gasteiger partial charge in [0.25, 0.3) is 0 Å². The number of anilines is 2. The van der Waals surface area contributed by atoms with Gasteiger partial charge in [-0.05, 0) is 46.5 Å². The van der Waals surface area contributed by atoms with E-state index in [0.29, 0.717) is 26.3 Å². The third-order valence-electron chi connectivity index (χ3n) is 7.22. The first-order valence-electron chi connectivity index (χ1n) is 16.2. The van der Waals surface area contributed by atoms with Crippen LogP contribution in [0.4, 0.5) is 28.9 Å². The molecule has 0 fully saturated rings. The summed E-state index contributed by atoms with van der Waals surface area (Å²) in [7, 11) is 3.31. The number of ether oxygens (including phenoxy) is 2. The standard InChI is InChI=1S/2C16H16F2NO.2C5H5.Ti/c2*1-20-9-8-12-4-2-3-5-13(12)11-19-16-7-6-14(17)10-15(16)18;2*1-2-4-5-3-1;/h2*2-7,19H,8-9,11H2,1H3;2*1-3H,4H2;/q4*-1;+4. The molecule has 0 bridgehead atoms. The summed E-state index contributed by atoms with van der Waals surface area (Å²) >= 11 is 0. The van der Waals surface area contributed by atoms with Gasteiger partial charge in [0.15, 0.2) is 0 Å². The van der Waals surface area contributed by atoms with Crippen molar-refractivity contribution >= 4 is 11.4 Å². The Morgan fingerprint density at radius 2 is 0.961 bits per heavy atom. The molecule has 4 aromatic rings. The number of hydrogen-bond donors (Lipinski definition) is 2. The first-order chi connectivity index (χ1) is 24.4. The van der Waals surface area contributed by atoms with E-state index in [1.54, 1.807) is 14.2 Å². The zero-order valence-electron chi connectivity index (χ0n) is 28.9. The minimum absolute atomic E-state index is 0. The monoisotopic (exact) mass is 730 g/mol. The van der Waals surface area contributed by atoms with E-state index in [2.05, 4.69) is 34.9 Å². The van der Waals surface area contributed by atoms with Crippen molar-refractivity contribution < 1.29 is 48.8 Å². The van der Waals surface area contributed by atoms with E-state index >= 15 is 0 Å².